The van der Waals surface area contributed by atoms with Crippen molar-refractivity contribution in [1.82, 2.24) is 5.32 Å². The van der Waals surface area contributed by atoms with Crippen molar-refractivity contribution in [1.29, 1.82) is 0 Å². The number of methoxy groups -OCH3 is 3. The third kappa shape index (κ3) is 3.48. The highest BCUT2D eigenvalue weighted by atomic mass is 32.2. The molecule has 0 aliphatic carbocycles. The predicted molar refractivity (Wildman–Crippen MR) is 86.2 cm³/mol. The largest absolute Gasteiger partial charge is 0.493 e. The van der Waals surface area contributed by atoms with E-state index in [1.807, 2.05) is 18.2 Å². The van der Waals surface area contributed by atoms with Crippen LogP contribution in [0.25, 0.3) is 0 Å². The molecule has 1 heterocycles. The van der Waals surface area contributed by atoms with E-state index in [1.54, 1.807) is 21.3 Å². The van der Waals surface area contributed by atoms with Gasteiger partial charge in [0.1, 0.15) is 4.32 Å². The minimum Gasteiger partial charge on any atom is -0.493 e. The normalized spacial score (nSPS) is 16.0. The highest BCUT2D eigenvalue weighted by Gasteiger charge is 2.21. The van der Waals surface area contributed by atoms with Crippen LogP contribution in [0, 0.1) is 0 Å². The first-order chi connectivity index (χ1) is 10.1. The highest BCUT2D eigenvalue weighted by Crippen LogP contribution is 2.38. The first-order valence-electron chi connectivity index (χ1n) is 6.11. The van der Waals surface area contributed by atoms with Gasteiger partial charge in [-0.15, -0.1) is 0 Å². The van der Waals surface area contributed by atoms with Crippen LogP contribution in [0.2, 0.25) is 0 Å². The molecule has 1 aliphatic rings. The second kappa shape index (κ2) is 6.82. The molecular weight excluding hydrogens is 310 g/mol. The van der Waals surface area contributed by atoms with Crippen LogP contribution in [0.15, 0.2) is 23.1 Å². The molecule has 1 N–H and O–H groups in total. The summed E-state index contributed by atoms with van der Waals surface area (Å²) in [5, 5.41) is 2.58. The van der Waals surface area contributed by atoms with Gasteiger partial charge in [0.25, 0.3) is 5.91 Å². The molecule has 0 bridgehead atoms. The Morgan fingerprint density at radius 3 is 2.24 bits per heavy atom. The Bertz CT molecular complexity index is 588. The summed E-state index contributed by atoms with van der Waals surface area (Å²) in [6.45, 7) is 0. The zero-order valence-electron chi connectivity index (χ0n) is 11.9. The first-order valence-corrected chi connectivity index (χ1v) is 7.33. The van der Waals surface area contributed by atoms with Gasteiger partial charge in [0, 0.05) is 0 Å². The molecule has 5 nitrogen and oxygen atoms in total. The number of hydrogen-bond donors (Lipinski definition) is 1. The topological polar surface area (TPSA) is 56.8 Å². The van der Waals surface area contributed by atoms with Crippen molar-refractivity contribution in [3.05, 3.63) is 28.7 Å². The van der Waals surface area contributed by atoms with E-state index in [1.165, 1.54) is 11.8 Å². The van der Waals surface area contributed by atoms with Crippen molar-refractivity contribution < 1.29 is 19.0 Å². The molecule has 112 valence electrons. The van der Waals surface area contributed by atoms with Gasteiger partial charge < -0.3 is 19.5 Å². The zero-order valence-corrected chi connectivity index (χ0v) is 13.5. The number of rotatable bonds is 5. The van der Waals surface area contributed by atoms with Gasteiger partial charge in [-0.05, 0) is 24.1 Å². The number of amides is 1. The summed E-state index contributed by atoms with van der Waals surface area (Å²) in [5.41, 5.74) is 0.947. The van der Waals surface area contributed by atoms with Crippen LogP contribution >= 0.6 is 24.0 Å². The SMILES string of the molecule is COc1cc(C/C=C2/SC(=S)NC2=O)cc(OC)c1OC. The van der Waals surface area contributed by atoms with E-state index in [-0.39, 0.29) is 5.91 Å². The molecule has 2 rings (SSSR count). The summed E-state index contributed by atoms with van der Waals surface area (Å²) in [7, 11) is 4.69. The van der Waals surface area contributed by atoms with Crippen LogP contribution in [-0.2, 0) is 11.2 Å². The van der Waals surface area contributed by atoms with E-state index < -0.39 is 0 Å². The van der Waals surface area contributed by atoms with E-state index in [2.05, 4.69) is 5.32 Å². The average Bonchev–Trinajstić information content (AvgIpc) is 2.81. The summed E-state index contributed by atoms with van der Waals surface area (Å²) in [5.74, 6) is 1.57. The molecule has 0 atom stereocenters. The smallest absolute Gasteiger partial charge is 0.263 e. The number of thioether (sulfide) groups is 1. The Morgan fingerprint density at radius 2 is 1.81 bits per heavy atom. The highest BCUT2D eigenvalue weighted by molar-refractivity contribution is 8.26. The van der Waals surface area contributed by atoms with Crippen molar-refractivity contribution in [2.75, 3.05) is 21.3 Å². The number of carbonyl (C=O) groups excluding carboxylic acids is 1. The Kier molecular flexibility index (Phi) is 5.08. The molecule has 0 aromatic heterocycles. The van der Waals surface area contributed by atoms with Crippen LogP contribution in [-0.4, -0.2) is 31.6 Å². The second-order valence-corrected chi connectivity index (χ2v) is 5.87. The van der Waals surface area contributed by atoms with E-state index >= 15 is 0 Å². The fourth-order valence-corrected chi connectivity index (χ4v) is 2.94. The number of carbonyl (C=O) groups is 1. The number of ether oxygens (including phenoxy) is 3. The van der Waals surface area contributed by atoms with Gasteiger partial charge in [-0.3, -0.25) is 4.79 Å². The summed E-state index contributed by atoms with van der Waals surface area (Å²) in [6, 6.07) is 3.71. The standard InChI is InChI=1S/C14H15NO4S2/c1-17-9-6-8(7-10(18-2)12(9)19-3)4-5-11-13(16)15-14(20)21-11/h5-7H,4H2,1-3H3,(H,15,16,20)/b11-5+. The Balaban J connectivity index is 2.26. The van der Waals surface area contributed by atoms with Crippen molar-refractivity contribution in [2.45, 2.75) is 6.42 Å². The van der Waals surface area contributed by atoms with Crippen molar-refractivity contribution in [3.8, 4) is 17.2 Å². The lowest BCUT2D eigenvalue weighted by atomic mass is 10.1. The molecule has 0 unspecified atom stereocenters. The molecule has 21 heavy (non-hydrogen) atoms. The quantitative estimate of drug-likeness (QED) is 0.662. The van der Waals surface area contributed by atoms with Gasteiger partial charge in [0.2, 0.25) is 5.75 Å². The van der Waals surface area contributed by atoms with Gasteiger partial charge in [-0.1, -0.05) is 30.1 Å². The van der Waals surface area contributed by atoms with Crippen molar-refractivity contribution >= 4 is 34.2 Å². The van der Waals surface area contributed by atoms with Crippen molar-refractivity contribution in [3.63, 3.8) is 0 Å². The number of hydrogen-bond acceptors (Lipinski definition) is 6. The van der Waals surface area contributed by atoms with Gasteiger partial charge in [0.05, 0.1) is 26.2 Å². The summed E-state index contributed by atoms with van der Waals surface area (Å²) >= 11 is 6.21. The molecule has 1 saturated heterocycles. The summed E-state index contributed by atoms with van der Waals surface area (Å²) < 4.78 is 16.4. The Hall–Kier alpha value is -1.73. The monoisotopic (exact) mass is 325 g/mol. The van der Waals surface area contributed by atoms with E-state index in [0.29, 0.717) is 32.9 Å². The fourth-order valence-electron chi connectivity index (χ4n) is 1.92. The minimum absolute atomic E-state index is 0.155. The van der Waals surface area contributed by atoms with E-state index in [4.69, 9.17) is 26.4 Å². The molecule has 0 saturated carbocycles. The van der Waals surface area contributed by atoms with Gasteiger partial charge in [-0.25, -0.2) is 0 Å². The zero-order chi connectivity index (χ0) is 15.4. The minimum atomic E-state index is -0.155. The number of benzene rings is 1. The summed E-state index contributed by atoms with van der Waals surface area (Å²) in [6.07, 6.45) is 2.40. The summed E-state index contributed by atoms with van der Waals surface area (Å²) in [4.78, 5) is 12.2. The third-order valence-corrected chi connectivity index (χ3v) is 4.10. The maximum atomic E-state index is 11.6. The lowest BCUT2D eigenvalue weighted by Gasteiger charge is -2.13. The molecular formula is C14H15NO4S2. The second-order valence-electron chi connectivity index (χ2n) is 4.15. The fraction of sp³-hybridized carbons (Fsp3) is 0.286. The lowest BCUT2D eigenvalue weighted by molar-refractivity contribution is -0.115. The first kappa shape index (κ1) is 15.7. The molecule has 1 amide bonds. The third-order valence-electron chi connectivity index (χ3n) is 2.89. The molecule has 1 aliphatic heterocycles. The number of nitrogens with one attached hydrogen (secondary N) is 1. The maximum Gasteiger partial charge on any atom is 0.263 e. The Labute approximate surface area is 132 Å². The molecule has 0 spiro atoms. The molecule has 1 aromatic rings. The van der Waals surface area contributed by atoms with Gasteiger partial charge >= 0.3 is 0 Å². The molecule has 1 fully saturated rings. The number of thiocarbonyl (C=S) groups is 1. The average molecular weight is 325 g/mol. The number of allylic oxidation sites excluding steroid dienone is 1. The van der Waals surface area contributed by atoms with Crippen LogP contribution in [0.5, 0.6) is 17.2 Å². The molecule has 7 heteroatoms. The maximum absolute atomic E-state index is 11.6. The van der Waals surface area contributed by atoms with Crippen LogP contribution in [0.1, 0.15) is 5.56 Å². The Morgan fingerprint density at radius 1 is 1.19 bits per heavy atom. The van der Waals surface area contributed by atoms with Crippen LogP contribution in [0.3, 0.4) is 0 Å². The lowest BCUT2D eigenvalue weighted by Crippen LogP contribution is -2.17. The van der Waals surface area contributed by atoms with E-state index in [9.17, 15) is 4.79 Å². The van der Waals surface area contributed by atoms with Crippen LogP contribution in [0.4, 0.5) is 0 Å². The molecule has 1 aromatic carbocycles. The molecule has 0 radical (unpaired) electrons. The van der Waals surface area contributed by atoms with Crippen LogP contribution < -0.4 is 19.5 Å². The van der Waals surface area contributed by atoms with Gasteiger partial charge in [-0.2, -0.15) is 0 Å². The van der Waals surface area contributed by atoms with Gasteiger partial charge in [0.15, 0.2) is 11.5 Å². The predicted octanol–water partition coefficient (Wildman–Crippen LogP) is 2.29. The van der Waals surface area contributed by atoms with E-state index in [0.717, 1.165) is 5.56 Å². The van der Waals surface area contributed by atoms with Crippen molar-refractivity contribution in [2.24, 2.45) is 0 Å².